The molecule has 1 atom stereocenters. The molecular formula is C16H18N2O3. The number of fused-ring (bicyclic) bond motifs is 1. The van der Waals surface area contributed by atoms with E-state index in [0.29, 0.717) is 18.4 Å². The summed E-state index contributed by atoms with van der Waals surface area (Å²) >= 11 is 0. The zero-order chi connectivity index (χ0) is 14.2. The molecule has 0 saturated heterocycles. The van der Waals surface area contributed by atoms with Gasteiger partial charge in [0, 0.05) is 5.92 Å². The van der Waals surface area contributed by atoms with Crippen LogP contribution in [0.1, 0.15) is 60.5 Å². The number of rotatable bonds is 4. The Kier molecular flexibility index (Phi) is 3.15. The van der Waals surface area contributed by atoms with E-state index in [1.54, 1.807) is 0 Å². The molecule has 1 saturated carbocycles. The topological polar surface area (TPSA) is 68.4 Å². The Balaban J connectivity index is 1.44. The highest BCUT2D eigenvalue weighted by Gasteiger charge is 2.28. The summed E-state index contributed by atoms with van der Waals surface area (Å²) in [6.45, 7) is 0.293. The van der Waals surface area contributed by atoms with Gasteiger partial charge < -0.3 is 14.4 Å². The summed E-state index contributed by atoms with van der Waals surface area (Å²) in [5, 5.41) is 13.9. The average Bonchev–Trinajstić information content (AvgIpc) is 3.24. The lowest BCUT2D eigenvalue weighted by atomic mass is 9.89. The van der Waals surface area contributed by atoms with Crippen molar-refractivity contribution in [3.05, 3.63) is 41.0 Å². The molecule has 0 radical (unpaired) electrons. The van der Waals surface area contributed by atoms with E-state index in [1.807, 2.05) is 18.2 Å². The molecule has 1 N–H and O–H groups in total. The minimum atomic E-state index is -0.333. The molecule has 1 aromatic carbocycles. The molecule has 2 aromatic rings. The van der Waals surface area contributed by atoms with Crippen LogP contribution in [-0.2, 0) is 13.0 Å². The van der Waals surface area contributed by atoms with Gasteiger partial charge in [-0.05, 0) is 55.4 Å². The second-order valence-electron chi connectivity index (χ2n) is 5.88. The number of benzene rings is 1. The zero-order valence-corrected chi connectivity index (χ0v) is 11.8. The SMILES string of the molecule is OC1CCCc2cc(OCc3nc(C4CC4)no3)ccc21. The van der Waals surface area contributed by atoms with Gasteiger partial charge in [-0.3, -0.25) is 0 Å². The average molecular weight is 286 g/mol. The number of aliphatic hydroxyl groups is 1. The van der Waals surface area contributed by atoms with E-state index in [4.69, 9.17) is 9.26 Å². The van der Waals surface area contributed by atoms with Crippen molar-refractivity contribution in [2.45, 2.75) is 50.7 Å². The molecule has 0 amide bonds. The van der Waals surface area contributed by atoms with E-state index < -0.39 is 0 Å². The molecule has 21 heavy (non-hydrogen) atoms. The lowest BCUT2D eigenvalue weighted by Crippen LogP contribution is -2.09. The predicted octanol–water partition coefficient (Wildman–Crippen LogP) is 2.90. The first-order valence-corrected chi connectivity index (χ1v) is 7.56. The summed E-state index contributed by atoms with van der Waals surface area (Å²) < 4.78 is 10.9. The van der Waals surface area contributed by atoms with Crippen LogP contribution in [0.3, 0.4) is 0 Å². The number of aliphatic hydroxyl groups excluding tert-OH is 1. The van der Waals surface area contributed by atoms with E-state index in [-0.39, 0.29) is 6.10 Å². The lowest BCUT2D eigenvalue weighted by Gasteiger charge is -2.21. The Morgan fingerprint density at radius 1 is 1.29 bits per heavy atom. The van der Waals surface area contributed by atoms with E-state index in [1.165, 1.54) is 5.56 Å². The quantitative estimate of drug-likeness (QED) is 0.936. The Morgan fingerprint density at radius 3 is 3.05 bits per heavy atom. The molecular weight excluding hydrogens is 268 g/mol. The van der Waals surface area contributed by atoms with Crippen LogP contribution in [-0.4, -0.2) is 15.2 Å². The fourth-order valence-electron chi connectivity index (χ4n) is 2.83. The zero-order valence-electron chi connectivity index (χ0n) is 11.8. The maximum atomic E-state index is 9.95. The van der Waals surface area contributed by atoms with Crippen LogP contribution in [0.25, 0.3) is 0 Å². The van der Waals surface area contributed by atoms with Gasteiger partial charge in [0.15, 0.2) is 12.4 Å². The summed E-state index contributed by atoms with van der Waals surface area (Å²) in [5.41, 5.74) is 2.21. The molecule has 0 aliphatic heterocycles. The number of ether oxygens (including phenoxy) is 1. The fourth-order valence-corrected chi connectivity index (χ4v) is 2.83. The number of aryl methyl sites for hydroxylation is 1. The third kappa shape index (κ3) is 2.65. The van der Waals surface area contributed by atoms with E-state index in [0.717, 1.165) is 49.2 Å². The van der Waals surface area contributed by atoms with Crippen molar-refractivity contribution in [2.75, 3.05) is 0 Å². The van der Waals surface area contributed by atoms with Gasteiger partial charge in [-0.1, -0.05) is 11.2 Å². The van der Waals surface area contributed by atoms with Gasteiger partial charge in [0.1, 0.15) is 5.75 Å². The van der Waals surface area contributed by atoms with Gasteiger partial charge in [-0.2, -0.15) is 4.98 Å². The number of aromatic nitrogens is 2. The Hall–Kier alpha value is -1.88. The molecule has 5 nitrogen and oxygen atoms in total. The summed E-state index contributed by atoms with van der Waals surface area (Å²) in [4.78, 5) is 4.34. The van der Waals surface area contributed by atoms with Crippen molar-refractivity contribution in [2.24, 2.45) is 0 Å². The standard InChI is InChI=1S/C16H18N2O3/c19-14-3-1-2-11-8-12(6-7-13(11)14)20-9-15-17-16(18-21-15)10-4-5-10/h6-8,10,14,19H,1-5,9H2. The van der Waals surface area contributed by atoms with Gasteiger partial charge in [0.2, 0.25) is 0 Å². The third-order valence-corrected chi connectivity index (χ3v) is 4.19. The highest BCUT2D eigenvalue weighted by Crippen LogP contribution is 2.38. The van der Waals surface area contributed by atoms with Gasteiger partial charge in [0.25, 0.3) is 5.89 Å². The smallest absolute Gasteiger partial charge is 0.264 e. The minimum Gasteiger partial charge on any atom is -0.484 e. The monoisotopic (exact) mass is 286 g/mol. The maximum Gasteiger partial charge on any atom is 0.264 e. The predicted molar refractivity (Wildman–Crippen MR) is 74.9 cm³/mol. The van der Waals surface area contributed by atoms with Crippen molar-refractivity contribution >= 4 is 0 Å². The van der Waals surface area contributed by atoms with Crippen LogP contribution >= 0.6 is 0 Å². The second kappa shape index (κ2) is 5.15. The van der Waals surface area contributed by atoms with Crippen LogP contribution < -0.4 is 4.74 Å². The minimum absolute atomic E-state index is 0.293. The first kappa shape index (κ1) is 12.8. The molecule has 110 valence electrons. The molecule has 2 aliphatic carbocycles. The molecule has 0 bridgehead atoms. The molecule has 5 heteroatoms. The second-order valence-corrected chi connectivity index (χ2v) is 5.88. The number of hydrogen-bond donors (Lipinski definition) is 1. The Morgan fingerprint density at radius 2 is 2.19 bits per heavy atom. The normalized spacial score (nSPS) is 21.1. The van der Waals surface area contributed by atoms with Crippen molar-refractivity contribution < 1.29 is 14.4 Å². The van der Waals surface area contributed by atoms with Crippen molar-refractivity contribution in [3.8, 4) is 5.75 Å². The Labute approximate surface area is 122 Å². The van der Waals surface area contributed by atoms with Gasteiger partial charge in [0.05, 0.1) is 6.10 Å². The molecule has 1 heterocycles. The molecule has 1 fully saturated rings. The van der Waals surface area contributed by atoms with Gasteiger partial charge in [-0.15, -0.1) is 0 Å². The van der Waals surface area contributed by atoms with Crippen LogP contribution in [0.4, 0.5) is 0 Å². The van der Waals surface area contributed by atoms with E-state index in [9.17, 15) is 5.11 Å². The fraction of sp³-hybridized carbons (Fsp3) is 0.500. The number of nitrogens with zero attached hydrogens (tertiary/aromatic N) is 2. The first-order chi connectivity index (χ1) is 10.3. The molecule has 1 aromatic heterocycles. The van der Waals surface area contributed by atoms with E-state index in [2.05, 4.69) is 10.1 Å². The van der Waals surface area contributed by atoms with Crippen LogP contribution in [0.5, 0.6) is 5.75 Å². The third-order valence-electron chi connectivity index (χ3n) is 4.19. The van der Waals surface area contributed by atoms with Crippen LogP contribution in [0.15, 0.2) is 22.7 Å². The lowest BCUT2D eigenvalue weighted by molar-refractivity contribution is 0.156. The molecule has 0 spiro atoms. The highest BCUT2D eigenvalue weighted by molar-refractivity contribution is 5.38. The summed E-state index contributed by atoms with van der Waals surface area (Å²) in [6.07, 6.45) is 4.85. The van der Waals surface area contributed by atoms with Crippen molar-refractivity contribution in [1.82, 2.24) is 10.1 Å². The first-order valence-electron chi connectivity index (χ1n) is 7.56. The van der Waals surface area contributed by atoms with Crippen molar-refractivity contribution in [3.63, 3.8) is 0 Å². The highest BCUT2D eigenvalue weighted by atomic mass is 16.5. The summed E-state index contributed by atoms with van der Waals surface area (Å²) in [5.74, 6) is 2.61. The van der Waals surface area contributed by atoms with Gasteiger partial charge in [-0.25, -0.2) is 0 Å². The molecule has 4 rings (SSSR count). The van der Waals surface area contributed by atoms with E-state index >= 15 is 0 Å². The van der Waals surface area contributed by atoms with Gasteiger partial charge >= 0.3 is 0 Å². The van der Waals surface area contributed by atoms with Crippen LogP contribution in [0.2, 0.25) is 0 Å². The number of hydrogen-bond acceptors (Lipinski definition) is 5. The largest absolute Gasteiger partial charge is 0.484 e. The summed E-state index contributed by atoms with van der Waals surface area (Å²) in [6, 6.07) is 5.86. The molecule has 2 aliphatic rings. The molecule has 1 unspecified atom stereocenters. The van der Waals surface area contributed by atoms with Crippen molar-refractivity contribution in [1.29, 1.82) is 0 Å². The van der Waals surface area contributed by atoms with Crippen LogP contribution in [0, 0.1) is 0 Å². The Bertz CT molecular complexity index is 649. The maximum absolute atomic E-state index is 9.95. The summed E-state index contributed by atoms with van der Waals surface area (Å²) in [7, 11) is 0.